The Morgan fingerprint density at radius 3 is 2.35 bits per heavy atom. The van der Waals surface area contributed by atoms with Gasteiger partial charge in [0.05, 0.1) is 5.02 Å². The zero-order valence-electron chi connectivity index (χ0n) is 12.2. The molecular formula is C15H21ClN2O2. The van der Waals surface area contributed by atoms with E-state index in [-0.39, 0.29) is 39.6 Å². The number of rotatable bonds is 2. The highest BCUT2D eigenvalue weighted by Gasteiger charge is 2.60. The van der Waals surface area contributed by atoms with Crippen LogP contribution in [0.3, 0.4) is 0 Å². The van der Waals surface area contributed by atoms with Gasteiger partial charge in [-0.2, -0.15) is 0 Å². The highest BCUT2D eigenvalue weighted by atomic mass is 35.5. The van der Waals surface area contributed by atoms with E-state index < -0.39 is 0 Å². The molecule has 1 saturated carbocycles. The van der Waals surface area contributed by atoms with Crippen molar-refractivity contribution >= 4 is 17.5 Å². The molecule has 0 heterocycles. The fourth-order valence-corrected chi connectivity index (χ4v) is 3.60. The van der Waals surface area contributed by atoms with E-state index in [9.17, 15) is 9.90 Å². The second-order valence-electron chi connectivity index (χ2n) is 6.69. The summed E-state index contributed by atoms with van der Waals surface area (Å²) in [6.45, 7) is 8.21. The van der Waals surface area contributed by atoms with E-state index in [2.05, 4.69) is 33.0 Å². The van der Waals surface area contributed by atoms with E-state index in [0.29, 0.717) is 5.56 Å². The standard InChI is InChI=1S/C15H21ClN2O2/c1-14(2)12(17)15(3,4)13(14)18-11(20)8-5-6-10(19)9(16)7-8/h5-7,12-13,19H,17H2,1-4H3,(H,18,20). The van der Waals surface area contributed by atoms with Crippen molar-refractivity contribution in [1.29, 1.82) is 0 Å². The number of nitrogens with one attached hydrogen (secondary N) is 1. The Kier molecular flexibility index (Phi) is 3.51. The number of benzene rings is 1. The minimum Gasteiger partial charge on any atom is -0.506 e. The van der Waals surface area contributed by atoms with Crippen molar-refractivity contribution in [3.05, 3.63) is 28.8 Å². The molecule has 1 aromatic rings. The van der Waals surface area contributed by atoms with E-state index in [1.54, 1.807) is 6.07 Å². The fourth-order valence-electron chi connectivity index (χ4n) is 3.42. The highest BCUT2D eigenvalue weighted by molar-refractivity contribution is 6.32. The van der Waals surface area contributed by atoms with Crippen molar-refractivity contribution in [2.75, 3.05) is 0 Å². The van der Waals surface area contributed by atoms with Crippen LogP contribution in [0.4, 0.5) is 0 Å². The molecule has 1 aliphatic rings. The molecule has 5 heteroatoms. The molecule has 1 amide bonds. The van der Waals surface area contributed by atoms with E-state index in [4.69, 9.17) is 17.3 Å². The third kappa shape index (κ3) is 2.17. The number of halogens is 1. The predicted molar refractivity (Wildman–Crippen MR) is 79.9 cm³/mol. The summed E-state index contributed by atoms with van der Waals surface area (Å²) in [5.74, 6) is -0.237. The summed E-state index contributed by atoms with van der Waals surface area (Å²) in [7, 11) is 0. The van der Waals surface area contributed by atoms with E-state index in [1.165, 1.54) is 12.1 Å². The molecule has 1 fully saturated rings. The lowest BCUT2D eigenvalue weighted by molar-refractivity contribution is -0.0663. The van der Waals surface area contributed by atoms with Crippen LogP contribution in [-0.4, -0.2) is 23.1 Å². The molecule has 20 heavy (non-hydrogen) atoms. The number of hydrogen-bond acceptors (Lipinski definition) is 3. The second-order valence-corrected chi connectivity index (χ2v) is 7.10. The summed E-state index contributed by atoms with van der Waals surface area (Å²) in [6, 6.07) is 4.45. The average Bonchev–Trinajstić information content (AvgIpc) is 2.37. The number of nitrogens with two attached hydrogens (primary N) is 1. The first kappa shape index (κ1) is 15.1. The molecule has 0 aliphatic heterocycles. The molecule has 1 aromatic carbocycles. The summed E-state index contributed by atoms with van der Waals surface area (Å²) in [5.41, 5.74) is 6.30. The van der Waals surface area contributed by atoms with Crippen LogP contribution in [0.2, 0.25) is 5.02 Å². The lowest BCUT2D eigenvalue weighted by Crippen LogP contribution is -2.76. The minimum atomic E-state index is -0.204. The van der Waals surface area contributed by atoms with Crippen LogP contribution in [-0.2, 0) is 0 Å². The average molecular weight is 297 g/mol. The summed E-state index contributed by atoms with van der Waals surface area (Å²) in [5, 5.41) is 12.6. The van der Waals surface area contributed by atoms with Crippen LogP contribution < -0.4 is 11.1 Å². The molecule has 0 atom stereocenters. The Bertz CT molecular complexity index is 539. The molecule has 0 spiro atoms. The summed E-state index contributed by atoms with van der Waals surface area (Å²) < 4.78 is 0. The van der Waals surface area contributed by atoms with Crippen molar-refractivity contribution in [2.24, 2.45) is 16.6 Å². The quantitative estimate of drug-likeness (QED) is 0.785. The van der Waals surface area contributed by atoms with Gasteiger partial charge in [0, 0.05) is 28.5 Å². The normalized spacial score (nSPS) is 26.7. The monoisotopic (exact) mass is 296 g/mol. The molecule has 4 nitrogen and oxygen atoms in total. The fraction of sp³-hybridized carbons (Fsp3) is 0.533. The van der Waals surface area contributed by atoms with Crippen LogP contribution in [0, 0.1) is 10.8 Å². The van der Waals surface area contributed by atoms with Crippen LogP contribution in [0.1, 0.15) is 38.1 Å². The van der Waals surface area contributed by atoms with Crippen LogP contribution >= 0.6 is 11.6 Å². The SMILES string of the molecule is CC1(C)C(N)C(C)(C)C1NC(=O)c1ccc(O)c(Cl)c1. The third-order valence-electron chi connectivity index (χ3n) is 4.58. The van der Waals surface area contributed by atoms with Gasteiger partial charge in [-0.25, -0.2) is 0 Å². The number of amides is 1. The Morgan fingerprint density at radius 2 is 1.85 bits per heavy atom. The first-order valence-corrected chi connectivity index (χ1v) is 7.01. The van der Waals surface area contributed by atoms with Crippen LogP contribution in [0.15, 0.2) is 18.2 Å². The molecule has 0 radical (unpaired) electrons. The maximum atomic E-state index is 12.3. The Labute approximate surface area is 124 Å². The van der Waals surface area contributed by atoms with Crippen molar-refractivity contribution in [3.8, 4) is 5.75 Å². The zero-order valence-corrected chi connectivity index (χ0v) is 13.0. The molecule has 0 aromatic heterocycles. The smallest absolute Gasteiger partial charge is 0.251 e. The van der Waals surface area contributed by atoms with Gasteiger partial charge in [-0.1, -0.05) is 39.3 Å². The van der Waals surface area contributed by atoms with Gasteiger partial charge >= 0.3 is 0 Å². The van der Waals surface area contributed by atoms with Crippen molar-refractivity contribution in [1.82, 2.24) is 5.32 Å². The Morgan fingerprint density at radius 1 is 1.30 bits per heavy atom. The molecule has 110 valence electrons. The number of carbonyl (C=O) groups excluding carboxylic acids is 1. The van der Waals surface area contributed by atoms with Crippen molar-refractivity contribution in [3.63, 3.8) is 0 Å². The highest BCUT2D eigenvalue weighted by Crippen LogP contribution is 2.52. The minimum absolute atomic E-state index is 0.00919. The van der Waals surface area contributed by atoms with E-state index in [0.717, 1.165) is 0 Å². The second kappa shape index (κ2) is 4.64. The molecule has 4 N–H and O–H groups in total. The lowest BCUT2D eigenvalue weighted by atomic mass is 9.48. The number of phenols is 1. The lowest BCUT2D eigenvalue weighted by Gasteiger charge is -2.62. The Balaban J connectivity index is 2.18. The summed E-state index contributed by atoms with van der Waals surface area (Å²) in [6.07, 6.45) is 0. The molecule has 1 aliphatic carbocycles. The van der Waals surface area contributed by atoms with Gasteiger partial charge in [-0.15, -0.1) is 0 Å². The van der Waals surface area contributed by atoms with Gasteiger partial charge in [-0.3, -0.25) is 4.79 Å². The van der Waals surface area contributed by atoms with E-state index >= 15 is 0 Å². The van der Waals surface area contributed by atoms with Crippen LogP contribution in [0.25, 0.3) is 0 Å². The molecular weight excluding hydrogens is 276 g/mol. The Hall–Kier alpha value is -1.26. The number of hydrogen-bond donors (Lipinski definition) is 3. The predicted octanol–water partition coefficient (Wildman–Crippen LogP) is 2.54. The van der Waals surface area contributed by atoms with Gasteiger partial charge in [0.2, 0.25) is 0 Å². The number of phenolic OH excluding ortho intramolecular Hbond substituents is 1. The van der Waals surface area contributed by atoms with Gasteiger partial charge in [0.1, 0.15) is 5.75 Å². The van der Waals surface area contributed by atoms with Crippen molar-refractivity contribution < 1.29 is 9.90 Å². The summed E-state index contributed by atoms with van der Waals surface area (Å²) in [4.78, 5) is 12.3. The first-order valence-electron chi connectivity index (χ1n) is 6.63. The molecule has 0 saturated heterocycles. The number of aromatic hydroxyl groups is 1. The van der Waals surface area contributed by atoms with E-state index in [1.807, 2.05) is 0 Å². The first-order chi connectivity index (χ1) is 9.08. The molecule has 0 bridgehead atoms. The van der Waals surface area contributed by atoms with Gasteiger partial charge < -0.3 is 16.2 Å². The topological polar surface area (TPSA) is 75.3 Å². The largest absolute Gasteiger partial charge is 0.506 e. The van der Waals surface area contributed by atoms with Crippen molar-refractivity contribution in [2.45, 2.75) is 39.8 Å². The third-order valence-corrected chi connectivity index (χ3v) is 4.88. The van der Waals surface area contributed by atoms with Gasteiger partial charge in [0.25, 0.3) is 5.91 Å². The number of carbonyl (C=O) groups is 1. The molecule has 0 unspecified atom stereocenters. The maximum absolute atomic E-state index is 12.3. The maximum Gasteiger partial charge on any atom is 0.251 e. The van der Waals surface area contributed by atoms with Gasteiger partial charge in [-0.05, 0) is 18.2 Å². The zero-order chi connectivity index (χ0) is 15.3. The molecule has 2 rings (SSSR count). The summed E-state index contributed by atoms with van der Waals surface area (Å²) >= 11 is 5.83. The van der Waals surface area contributed by atoms with Gasteiger partial charge in [0.15, 0.2) is 0 Å². The van der Waals surface area contributed by atoms with Crippen LogP contribution in [0.5, 0.6) is 5.75 Å².